The van der Waals surface area contributed by atoms with Gasteiger partial charge in [0.25, 0.3) is 0 Å². The number of hydrogen-bond donors (Lipinski definition) is 3. The van der Waals surface area contributed by atoms with Crippen LogP contribution in [0.15, 0.2) is 48.7 Å². The maximum atomic E-state index is 13.9. The number of halogens is 1. The summed E-state index contributed by atoms with van der Waals surface area (Å²) < 4.78 is 13.9. The number of benzene rings is 2. The first-order valence-corrected chi connectivity index (χ1v) is 10.0. The van der Waals surface area contributed by atoms with Crippen LogP contribution < -0.4 is 16.9 Å². The molecule has 2 aromatic carbocycles. The zero-order chi connectivity index (χ0) is 21.7. The molecule has 156 valence electrons. The molecule has 2 unspecified atom stereocenters. The molecule has 3 rings (SSSR count). The van der Waals surface area contributed by atoms with Crippen LogP contribution in [0.5, 0.6) is 0 Å². The van der Waals surface area contributed by atoms with Gasteiger partial charge in [0.15, 0.2) is 0 Å². The summed E-state index contributed by atoms with van der Waals surface area (Å²) in [5.41, 5.74) is 8.90. The van der Waals surface area contributed by atoms with Crippen LogP contribution in [0.3, 0.4) is 0 Å². The van der Waals surface area contributed by atoms with Crippen molar-refractivity contribution in [1.29, 1.82) is 5.26 Å². The van der Waals surface area contributed by atoms with Crippen molar-refractivity contribution in [2.24, 2.45) is 17.5 Å². The second-order valence-electron chi connectivity index (χ2n) is 7.40. The molecule has 0 aliphatic heterocycles. The number of nitrogens with zero attached hydrogens (tertiary/aromatic N) is 2. The lowest BCUT2D eigenvalue weighted by Crippen LogP contribution is -2.39. The van der Waals surface area contributed by atoms with Gasteiger partial charge in [0.1, 0.15) is 11.9 Å². The molecule has 0 radical (unpaired) electrons. The highest BCUT2D eigenvalue weighted by molar-refractivity contribution is 5.79. The third kappa shape index (κ3) is 4.44. The van der Waals surface area contributed by atoms with Crippen LogP contribution >= 0.6 is 0 Å². The van der Waals surface area contributed by atoms with Crippen LogP contribution in [-0.2, 0) is 4.79 Å². The van der Waals surface area contributed by atoms with E-state index in [-0.39, 0.29) is 23.4 Å². The minimum atomic E-state index is -0.544. The molecule has 0 bridgehead atoms. The summed E-state index contributed by atoms with van der Waals surface area (Å²) in [6.45, 7) is 2.53. The lowest BCUT2D eigenvalue weighted by Gasteiger charge is -2.28. The number of carbonyl (C=O) groups excluding carboxylic acids is 1. The third-order valence-electron chi connectivity index (χ3n) is 5.56. The molecule has 2 aromatic rings. The van der Waals surface area contributed by atoms with E-state index in [1.54, 1.807) is 11.1 Å². The van der Waals surface area contributed by atoms with E-state index in [1.165, 1.54) is 18.3 Å². The fourth-order valence-electron chi connectivity index (χ4n) is 3.91. The zero-order valence-corrected chi connectivity index (χ0v) is 16.9. The quantitative estimate of drug-likeness (QED) is 0.504. The minimum absolute atomic E-state index is 0.0185. The molecule has 1 saturated carbocycles. The molecule has 1 amide bonds. The first-order valence-electron chi connectivity index (χ1n) is 10.0. The van der Waals surface area contributed by atoms with Crippen molar-refractivity contribution in [3.63, 3.8) is 0 Å². The molecular formula is C23H26FN5O. The summed E-state index contributed by atoms with van der Waals surface area (Å²) in [5, 5.41) is 13.4. The normalized spacial score (nSPS) is 18.7. The summed E-state index contributed by atoms with van der Waals surface area (Å²) >= 11 is 0. The van der Waals surface area contributed by atoms with E-state index in [9.17, 15) is 9.18 Å². The van der Waals surface area contributed by atoms with Gasteiger partial charge in [-0.15, -0.1) is 0 Å². The van der Waals surface area contributed by atoms with Crippen LogP contribution in [0.1, 0.15) is 37.3 Å². The number of nitrogens with two attached hydrogens (primary N) is 2. The number of rotatable bonds is 6. The predicted molar refractivity (Wildman–Crippen MR) is 115 cm³/mol. The number of hydrogen-bond acceptors (Lipinski definition) is 5. The summed E-state index contributed by atoms with van der Waals surface area (Å²) in [5.74, 6) is 5.87. The maximum absolute atomic E-state index is 13.9. The number of carbonyl (C=O) groups is 1. The molecule has 5 N–H and O–H groups in total. The molecule has 0 aromatic heterocycles. The van der Waals surface area contributed by atoms with E-state index in [4.69, 9.17) is 16.8 Å². The Balaban J connectivity index is 1.74. The first-order chi connectivity index (χ1) is 14.5. The third-order valence-corrected chi connectivity index (χ3v) is 5.56. The number of nitriles is 1. The standard InChI is InChI=1S/C23H26FN5O/c1-2-28-23(30)18-9-10-20(11-18)29(27)22(14-26)16-5-3-15(4-6-16)17-7-8-19(13-25)21(24)12-17/h3-8,12,14,18,20H,2,9-11,26-27H2,1H3,(H,28,30)/b22-14-. The molecule has 0 heterocycles. The molecule has 1 fully saturated rings. The topological polar surface area (TPSA) is 108 Å². The molecule has 1 aliphatic rings. The van der Waals surface area contributed by atoms with E-state index in [2.05, 4.69) is 5.32 Å². The van der Waals surface area contributed by atoms with E-state index < -0.39 is 5.82 Å². The van der Waals surface area contributed by atoms with E-state index in [0.717, 1.165) is 24.0 Å². The van der Waals surface area contributed by atoms with Gasteiger partial charge in [-0.05, 0) is 49.4 Å². The van der Waals surface area contributed by atoms with Gasteiger partial charge in [-0.1, -0.05) is 30.3 Å². The monoisotopic (exact) mass is 407 g/mol. The molecule has 6 nitrogen and oxygen atoms in total. The van der Waals surface area contributed by atoms with Gasteiger partial charge in [0, 0.05) is 30.3 Å². The van der Waals surface area contributed by atoms with E-state index >= 15 is 0 Å². The van der Waals surface area contributed by atoms with Crippen molar-refractivity contribution >= 4 is 11.6 Å². The summed E-state index contributed by atoms with van der Waals surface area (Å²) in [4.78, 5) is 12.1. The van der Waals surface area contributed by atoms with Crippen molar-refractivity contribution in [3.8, 4) is 17.2 Å². The number of nitrogens with one attached hydrogen (secondary N) is 1. The van der Waals surface area contributed by atoms with Crippen LogP contribution in [-0.4, -0.2) is 23.5 Å². The van der Waals surface area contributed by atoms with Gasteiger partial charge in [-0.25, -0.2) is 10.2 Å². The Bertz CT molecular complexity index is 980. The van der Waals surface area contributed by atoms with Crippen molar-refractivity contribution in [2.75, 3.05) is 6.54 Å². The number of hydrazine groups is 1. The molecular weight excluding hydrogens is 381 g/mol. The van der Waals surface area contributed by atoms with Gasteiger partial charge >= 0.3 is 0 Å². The smallest absolute Gasteiger partial charge is 0.223 e. The highest BCUT2D eigenvalue weighted by Gasteiger charge is 2.33. The van der Waals surface area contributed by atoms with Crippen molar-refractivity contribution in [1.82, 2.24) is 10.3 Å². The second kappa shape index (κ2) is 9.42. The Hall–Kier alpha value is -3.37. The lowest BCUT2D eigenvalue weighted by atomic mass is 10.0. The fourth-order valence-corrected chi connectivity index (χ4v) is 3.91. The van der Waals surface area contributed by atoms with E-state index in [0.29, 0.717) is 24.2 Å². The summed E-state index contributed by atoms with van der Waals surface area (Å²) in [6, 6.07) is 13.9. The molecule has 7 heteroatoms. The Labute approximate surface area is 175 Å². The Morgan fingerprint density at radius 1 is 1.27 bits per heavy atom. The maximum Gasteiger partial charge on any atom is 0.223 e. The fraction of sp³-hybridized carbons (Fsp3) is 0.304. The minimum Gasteiger partial charge on any atom is -0.403 e. The van der Waals surface area contributed by atoms with E-state index in [1.807, 2.05) is 37.3 Å². The SMILES string of the molecule is CCNC(=O)C1CCC(N(N)/C(=C\N)c2ccc(-c3ccc(C#N)c(F)c3)cc2)C1. The summed E-state index contributed by atoms with van der Waals surface area (Å²) in [7, 11) is 0. The summed E-state index contributed by atoms with van der Waals surface area (Å²) in [6.07, 6.45) is 3.77. The second-order valence-corrected chi connectivity index (χ2v) is 7.40. The lowest BCUT2D eigenvalue weighted by molar-refractivity contribution is -0.124. The van der Waals surface area contributed by atoms with Gasteiger partial charge in [0.2, 0.25) is 5.91 Å². The van der Waals surface area contributed by atoms with Gasteiger partial charge in [-0.2, -0.15) is 5.26 Å². The molecule has 0 saturated heterocycles. The largest absolute Gasteiger partial charge is 0.403 e. The predicted octanol–water partition coefficient (Wildman–Crippen LogP) is 3.10. The van der Waals surface area contributed by atoms with Gasteiger partial charge in [0.05, 0.1) is 11.3 Å². The molecule has 1 aliphatic carbocycles. The van der Waals surface area contributed by atoms with Crippen molar-refractivity contribution in [3.05, 3.63) is 65.6 Å². The highest BCUT2D eigenvalue weighted by Crippen LogP contribution is 2.32. The van der Waals surface area contributed by atoms with Gasteiger partial charge < -0.3 is 16.1 Å². The number of amides is 1. The van der Waals surface area contributed by atoms with Crippen LogP contribution in [0, 0.1) is 23.1 Å². The molecule has 0 spiro atoms. The Kier molecular flexibility index (Phi) is 6.70. The van der Waals surface area contributed by atoms with Crippen molar-refractivity contribution < 1.29 is 9.18 Å². The van der Waals surface area contributed by atoms with Crippen LogP contribution in [0.25, 0.3) is 16.8 Å². The Morgan fingerprint density at radius 3 is 2.57 bits per heavy atom. The van der Waals surface area contributed by atoms with Crippen LogP contribution in [0.4, 0.5) is 4.39 Å². The average molecular weight is 407 g/mol. The Morgan fingerprint density at radius 2 is 1.97 bits per heavy atom. The highest BCUT2D eigenvalue weighted by atomic mass is 19.1. The molecule has 30 heavy (non-hydrogen) atoms. The van der Waals surface area contributed by atoms with Crippen molar-refractivity contribution in [2.45, 2.75) is 32.2 Å². The first kappa shape index (κ1) is 21.3. The average Bonchev–Trinajstić information content (AvgIpc) is 3.25. The van der Waals surface area contributed by atoms with Gasteiger partial charge in [-0.3, -0.25) is 4.79 Å². The zero-order valence-electron chi connectivity index (χ0n) is 16.9. The molecule has 2 atom stereocenters. The van der Waals surface area contributed by atoms with Crippen LogP contribution in [0.2, 0.25) is 0 Å².